The maximum absolute atomic E-state index is 13.5. The van der Waals surface area contributed by atoms with Crippen molar-refractivity contribution < 1.29 is 89.4 Å². The van der Waals surface area contributed by atoms with Gasteiger partial charge in [-0.25, -0.2) is 0 Å². The fourth-order valence-electron chi connectivity index (χ4n) is 12.6. The number of carbonyl (C=O) groups excluding carboxylic acids is 1. The molecule has 0 spiro atoms. The first-order valence-corrected chi connectivity index (χ1v) is 39.8. The molecular weight excluding hydrogens is 1300 g/mol. The van der Waals surface area contributed by atoms with Gasteiger partial charge in [0.25, 0.3) is 0 Å². The second-order valence-corrected chi connectivity index (χ2v) is 27.8. The number of carbonyl (C=O) groups is 1. The van der Waals surface area contributed by atoms with Crippen LogP contribution in [-0.4, -0.2) is 193 Å². The first-order chi connectivity index (χ1) is 49.8. The lowest BCUT2D eigenvalue weighted by Gasteiger charge is -2.48. The average Bonchev–Trinajstić information content (AvgIpc) is 0.781. The van der Waals surface area contributed by atoms with Crippen molar-refractivity contribution in [2.75, 3.05) is 26.4 Å². The van der Waals surface area contributed by atoms with Gasteiger partial charge < -0.3 is 89.9 Å². The molecule has 586 valence electrons. The number of hydrogen-bond donors (Lipinski definition) is 12. The number of hydrogen-bond acceptors (Lipinski definition) is 18. The highest BCUT2D eigenvalue weighted by Crippen LogP contribution is 2.33. The normalized spacial score (nSPS) is 26.9. The van der Waals surface area contributed by atoms with Gasteiger partial charge in [0.05, 0.1) is 38.6 Å². The number of allylic oxidation sites excluding steroid dienone is 19. The summed E-state index contributed by atoms with van der Waals surface area (Å²) < 4.78 is 34.4. The van der Waals surface area contributed by atoms with Gasteiger partial charge in [-0.1, -0.05) is 277 Å². The maximum Gasteiger partial charge on any atom is 0.220 e. The van der Waals surface area contributed by atoms with Crippen molar-refractivity contribution in [3.63, 3.8) is 0 Å². The van der Waals surface area contributed by atoms with Gasteiger partial charge in [-0.05, 0) is 103 Å². The molecule has 0 aromatic heterocycles. The van der Waals surface area contributed by atoms with Crippen molar-refractivity contribution in [3.8, 4) is 0 Å². The summed E-state index contributed by atoms with van der Waals surface area (Å²) in [4.78, 5) is 13.5. The molecule has 3 aliphatic rings. The number of unbranched alkanes of at least 4 members (excludes halogenated alkanes) is 27. The van der Waals surface area contributed by atoms with Crippen LogP contribution in [0.5, 0.6) is 0 Å². The Bertz CT molecular complexity index is 2320. The Kier molecular flexibility index (Phi) is 56.4. The van der Waals surface area contributed by atoms with Gasteiger partial charge in [0.1, 0.15) is 73.2 Å². The molecule has 0 radical (unpaired) electrons. The van der Waals surface area contributed by atoms with Crippen LogP contribution in [0.4, 0.5) is 0 Å². The van der Waals surface area contributed by atoms with E-state index < -0.39 is 124 Å². The van der Waals surface area contributed by atoms with Gasteiger partial charge in [-0.2, -0.15) is 0 Å². The van der Waals surface area contributed by atoms with E-state index in [0.717, 1.165) is 103 Å². The standard InChI is InChI=1S/C83H141NO18/c1-3-5-7-9-11-13-15-17-19-21-23-25-27-29-31-32-33-34-35-37-39-41-43-45-47-49-51-53-55-57-59-61-71(89)84-66(67(88)60-58-56-54-52-50-48-46-44-42-40-38-36-30-28-26-24-22-20-18-16-14-12-10-8-6-4-2)65-97-81-77(95)74(92)79(69(63-86)99-81)102-83-78(96)75(93)80(70(64-87)100-83)101-82-76(94)73(91)72(90)68(62-85)98-82/h5,7,11,13,17,19,23,25,29,31,33-34,37,39,42,44,50,52,58,60,66-70,72-83,85-88,90-96H,3-4,6,8-10,12,14-16,18,20-22,24,26-28,30,32,35-36,38,40-41,43,45-49,51,53-57,59,61-65H2,1-2H3,(H,84,89)/b7-5-,13-11-,19-17-,25-23-,31-29-,34-33-,39-37-,44-42+,52-50+,60-58+. The summed E-state index contributed by atoms with van der Waals surface area (Å²) in [5.41, 5.74) is 0. The molecule has 0 aromatic rings. The van der Waals surface area contributed by atoms with Crippen LogP contribution in [-0.2, 0) is 33.2 Å². The Morgan fingerprint density at radius 1 is 0.363 bits per heavy atom. The molecule has 19 nitrogen and oxygen atoms in total. The van der Waals surface area contributed by atoms with Gasteiger partial charge >= 0.3 is 0 Å². The molecule has 3 fully saturated rings. The third kappa shape index (κ3) is 41.9. The zero-order valence-electron chi connectivity index (χ0n) is 62.5. The van der Waals surface area contributed by atoms with Gasteiger partial charge in [0, 0.05) is 6.42 Å². The summed E-state index contributed by atoms with van der Waals surface area (Å²) in [5.74, 6) is -0.299. The summed E-state index contributed by atoms with van der Waals surface area (Å²) in [7, 11) is 0. The molecule has 0 aromatic carbocycles. The first-order valence-electron chi connectivity index (χ1n) is 39.8. The second-order valence-electron chi connectivity index (χ2n) is 27.8. The van der Waals surface area contributed by atoms with E-state index >= 15 is 0 Å². The van der Waals surface area contributed by atoms with E-state index in [1.165, 1.54) is 128 Å². The Morgan fingerprint density at radius 3 is 1.10 bits per heavy atom. The number of nitrogens with one attached hydrogen (secondary N) is 1. The molecule has 3 heterocycles. The van der Waals surface area contributed by atoms with Crippen LogP contribution >= 0.6 is 0 Å². The van der Waals surface area contributed by atoms with E-state index in [9.17, 15) is 61.0 Å². The number of ether oxygens (including phenoxy) is 6. The third-order valence-corrected chi connectivity index (χ3v) is 19.0. The quantitative estimate of drug-likeness (QED) is 0.0199. The second kappa shape index (κ2) is 62.3. The summed E-state index contributed by atoms with van der Waals surface area (Å²) in [6.45, 7) is 1.60. The molecule has 17 atom stereocenters. The van der Waals surface area contributed by atoms with E-state index in [0.29, 0.717) is 12.8 Å². The predicted molar refractivity (Wildman–Crippen MR) is 406 cm³/mol. The number of amides is 1. The third-order valence-electron chi connectivity index (χ3n) is 19.0. The van der Waals surface area contributed by atoms with Crippen LogP contribution in [0.3, 0.4) is 0 Å². The van der Waals surface area contributed by atoms with E-state index in [1.807, 2.05) is 6.08 Å². The van der Waals surface area contributed by atoms with Gasteiger partial charge in [0.15, 0.2) is 18.9 Å². The van der Waals surface area contributed by atoms with Crippen LogP contribution in [0.25, 0.3) is 0 Å². The Morgan fingerprint density at radius 2 is 0.686 bits per heavy atom. The fourth-order valence-corrected chi connectivity index (χ4v) is 12.6. The Labute approximate surface area is 614 Å². The highest BCUT2D eigenvalue weighted by Gasteiger charge is 2.53. The number of aliphatic hydroxyl groups is 11. The summed E-state index contributed by atoms with van der Waals surface area (Å²) >= 11 is 0. The lowest BCUT2D eigenvalue weighted by atomic mass is 9.96. The first kappa shape index (κ1) is 92.4. The Balaban J connectivity index is 1.41. The molecule has 0 bridgehead atoms. The highest BCUT2D eigenvalue weighted by molar-refractivity contribution is 5.76. The molecule has 1 amide bonds. The molecular formula is C83H141NO18. The van der Waals surface area contributed by atoms with Crippen molar-refractivity contribution in [2.45, 2.75) is 369 Å². The highest BCUT2D eigenvalue weighted by atomic mass is 16.8. The zero-order valence-corrected chi connectivity index (χ0v) is 62.5. The topological polar surface area (TPSA) is 307 Å². The SMILES string of the molecule is CC/C=C\C/C=C\C/C=C\C/C=C\C/C=C\C/C=C\C/C=C\CCCCCCCCCCCC(=O)NC(COC1OC(CO)C(OC2OC(CO)C(OC3OC(CO)C(O)C(O)C3O)C(O)C2O)C(O)C1O)C(O)/C=C/CC/C=C/CC/C=C/CCCCCCCCCCCCCCCCCC. The molecule has 3 rings (SSSR count). The molecule has 0 aliphatic carbocycles. The minimum absolute atomic E-state index is 0.217. The van der Waals surface area contributed by atoms with Crippen molar-refractivity contribution in [1.82, 2.24) is 5.32 Å². The number of rotatable bonds is 61. The van der Waals surface area contributed by atoms with Gasteiger partial charge in [0.2, 0.25) is 5.91 Å². The average molecular weight is 1440 g/mol. The maximum atomic E-state index is 13.5. The van der Waals surface area contributed by atoms with Gasteiger partial charge in [-0.15, -0.1) is 0 Å². The van der Waals surface area contributed by atoms with E-state index in [4.69, 9.17) is 28.4 Å². The van der Waals surface area contributed by atoms with E-state index in [2.05, 4.69) is 129 Å². The van der Waals surface area contributed by atoms with Crippen LogP contribution in [0.15, 0.2) is 122 Å². The van der Waals surface area contributed by atoms with Crippen molar-refractivity contribution in [2.24, 2.45) is 0 Å². The number of aliphatic hydroxyl groups excluding tert-OH is 11. The molecule has 102 heavy (non-hydrogen) atoms. The van der Waals surface area contributed by atoms with Crippen LogP contribution in [0, 0.1) is 0 Å². The van der Waals surface area contributed by atoms with Gasteiger partial charge in [-0.3, -0.25) is 4.79 Å². The molecule has 19 heteroatoms. The smallest absolute Gasteiger partial charge is 0.220 e. The molecule has 17 unspecified atom stereocenters. The van der Waals surface area contributed by atoms with E-state index in [1.54, 1.807) is 6.08 Å². The van der Waals surface area contributed by atoms with Crippen molar-refractivity contribution >= 4 is 5.91 Å². The van der Waals surface area contributed by atoms with Crippen LogP contribution < -0.4 is 5.32 Å². The summed E-state index contributed by atoms with van der Waals surface area (Å²) in [6, 6.07) is -1.01. The molecule has 0 saturated carbocycles. The lowest BCUT2D eigenvalue weighted by Crippen LogP contribution is -2.66. The minimum atomic E-state index is -1.99. The van der Waals surface area contributed by atoms with E-state index in [-0.39, 0.29) is 18.9 Å². The fraction of sp³-hybridized carbons (Fsp3) is 0.747. The lowest BCUT2D eigenvalue weighted by molar-refractivity contribution is -0.379. The molecule has 12 N–H and O–H groups in total. The zero-order chi connectivity index (χ0) is 73.9. The predicted octanol–water partition coefficient (Wildman–Crippen LogP) is 13.1. The Hall–Kier alpha value is -3.81. The summed E-state index contributed by atoms with van der Waals surface area (Å²) in [6.07, 6.45) is 60.3. The molecule has 3 saturated heterocycles. The molecule has 3 aliphatic heterocycles. The van der Waals surface area contributed by atoms with Crippen LogP contribution in [0.2, 0.25) is 0 Å². The summed E-state index contributed by atoms with van der Waals surface area (Å²) in [5, 5.41) is 121. The largest absolute Gasteiger partial charge is 0.394 e. The monoisotopic (exact) mass is 1440 g/mol. The van der Waals surface area contributed by atoms with Crippen molar-refractivity contribution in [1.29, 1.82) is 0 Å². The van der Waals surface area contributed by atoms with Crippen LogP contribution in [0.1, 0.15) is 264 Å². The minimum Gasteiger partial charge on any atom is -0.394 e. The van der Waals surface area contributed by atoms with Crippen molar-refractivity contribution in [3.05, 3.63) is 122 Å².